The summed E-state index contributed by atoms with van der Waals surface area (Å²) in [6.07, 6.45) is 4.49. The van der Waals surface area contributed by atoms with E-state index in [4.69, 9.17) is 11.6 Å². The Morgan fingerprint density at radius 1 is 1.00 bits per heavy atom. The molecule has 5 nitrogen and oxygen atoms in total. The number of halogens is 2. The van der Waals surface area contributed by atoms with E-state index in [-0.39, 0.29) is 22.2 Å². The quantitative estimate of drug-likeness (QED) is 0.595. The van der Waals surface area contributed by atoms with Crippen molar-refractivity contribution in [2.24, 2.45) is 0 Å². The number of pyridine rings is 2. The molecule has 0 spiro atoms. The van der Waals surface area contributed by atoms with Gasteiger partial charge in [-0.05, 0) is 18.2 Å². The van der Waals surface area contributed by atoms with E-state index in [2.05, 4.69) is 19.9 Å². The fourth-order valence-corrected chi connectivity index (χ4v) is 2.79. The SMILES string of the molecule is O=c1cc[nH]c2nc(-c3ccccc3F)c(-c3ccncc3Cl)nc12. The van der Waals surface area contributed by atoms with Crippen molar-refractivity contribution in [3.05, 3.63) is 76.1 Å². The van der Waals surface area contributed by atoms with Gasteiger partial charge in [-0.25, -0.2) is 14.4 Å². The van der Waals surface area contributed by atoms with Gasteiger partial charge in [-0.2, -0.15) is 0 Å². The van der Waals surface area contributed by atoms with Crippen molar-refractivity contribution in [3.8, 4) is 22.5 Å². The van der Waals surface area contributed by atoms with E-state index >= 15 is 0 Å². The zero-order chi connectivity index (χ0) is 17.4. The van der Waals surface area contributed by atoms with E-state index < -0.39 is 5.82 Å². The Bertz CT molecular complexity index is 1160. The first-order valence-electron chi connectivity index (χ1n) is 7.39. The summed E-state index contributed by atoms with van der Waals surface area (Å²) in [6, 6.07) is 9.25. The normalized spacial score (nSPS) is 11.0. The average molecular weight is 353 g/mol. The van der Waals surface area contributed by atoms with Crippen LogP contribution in [0.25, 0.3) is 33.7 Å². The Morgan fingerprint density at radius 3 is 2.60 bits per heavy atom. The molecule has 0 saturated carbocycles. The molecule has 4 rings (SSSR count). The fourth-order valence-electron chi connectivity index (χ4n) is 2.58. The van der Waals surface area contributed by atoms with Crippen LogP contribution in [0.3, 0.4) is 0 Å². The molecular formula is C18H10ClFN4O. The third-order valence-corrected chi connectivity index (χ3v) is 4.04. The molecule has 0 amide bonds. The van der Waals surface area contributed by atoms with Gasteiger partial charge in [0.2, 0.25) is 5.43 Å². The number of rotatable bonds is 2. The number of aromatic amines is 1. The van der Waals surface area contributed by atoms with Crippen LogP contribution in [0.4, 0.5) is 4.39 Å². The minimum absolute atomic E-state index is 0.158. The molecule has 0 aliphatic heterocycles. The predicted molar refractivity (Wildman–Crippen MR) is 93.8 cm³/mol. The van der Waals surface area contributed by atoms with Crippen LogP contribution in [0.15, 0.2) is 59.8 Å². The summed E-state index contributed by atoms with van der Waals surface area (Å²) in [6.45, 7) is 0. The highest BCUT2D eigenvalue weighted by Crippen LogP contribution is 2.34. The minimum Gasteiger partial charge on any atom is -0.345 e. The van der Waals surface area contributed by atoms with Gasteiger partial charge in [0.25, 0.3) is 0 Å². The third-order valence-electron chi connectivity index (χ3n) is 3.74. The van der Waals surface area contributed by atoms with Crippen molar-refractivity contribution in [2.45, 2.75) is 0 Å². The molecule has 1 aromatic carbocycles. The van der Waals surface area contributed by atoms with Crippen LogP contribution in [0.5, 0.6) is 0 Å². The summed E-state index contributed by atoms with van der Waals surface area (Å²) >= 11 is 6.24. The molecule has 25 heavy (non-hydrogen) atoms. The molecule has 3 aromatic heterocycles. The largest absolute Gasteiger partial charge is 0.345 e. The van der Waals surface area contributed by atoms with Crippen LogP contribution in [-0.4, -0.2) is 19.9 Å². The lowest BCUT2D eigenvalue weighted by Gasteiger charge is -2.11. The molecule has 1 N–H and O–H groups in total. The number of hydrogen-bond acceptors (Lipinski definition) is 4. The first-order chi connectivity index (χ1) is 12.1. The molecule has 7 heteroatoms. The average Bonchev–Trinajstić information content (AvgIpc) is 2.62. The monoisotopic (exact) mass is 352 g/mol. The summed E-state index contributed by atoms with van der Waals surface area (Å²) < 4.78 is 14.4. The molecule has 0 bridgehead atoms. The molecule has 0 radical (unpaired) electrons. The number of hydrogen-bond donors (Lipinski definition) is 1. The number of benzene rings is 1. The van der Waals surface area contributed by atoms with E-state index in [0.717, 1.165) is 0 Å². The zero-order valence-electron chi connectivity index (χ0n) is 12.7. The van der Waals surface area contributed by atoms with E-state index in [9.17, 15) is 9.18 Å². The highest BCUT2D eigenvalue weighted by Gasteiger charge is 2.18. The van der Waals surface area contributed by atoms with E-state index in [1.165, 1.54) is 24.5 Å². The van der Waals surface area contributed by atoms with Crippen molar-refractivity contribution >= 4 is 22.8 Å². The topological polar surface area (TPSA) is 71.5 Å². The first-order valence-corrected chi connectivity index (χ1v) is 7.77. The lowest BCUT2D eigenvalue weighted by Crippen LogP contribution is -2.07. The first kappa shape index (κ1) is 15.4. The highest BCUT2D eigenvalue weighted by molar-refractivity contribution is 6.33. The van der Waals surface area contributed by atoms with Gasteiger partial charge in [0.15, 0.2) is 11.2 Å². The Morgan fingerprint density at radius 2 is 1.80 bits per heavy atom. The van der Waals surface area contributed by atoms with Crippen molar-refractivity contribution in [3.63, 3.8) is 0 Å². The number of aromatic nitrogens is 4. The number of nitrogens with zero attached hydrogens (tertiary/aromatic N) is 3. The highest BCUT2D eigenvalue weighted by atomic mass is 35.5. The summed E-state index contributed by atoms with van der Waals surface area (Å²) in [7, 11) is 0. The Hall–Kier alpha value is -3.12. The lowest BCUT2D eigenvalue weighted by atomic mass is 10.0. The summed E-state index contributed by atoms with van der Waals surface area (Å²) in [5.74, 6) is -0.444. The van der Waals surface area contributed by atoms with Gasteiger partial charge in [0.1, 0.15) is 11.5 Å². The lowest BCUT2D eigenvalue weighted by molar-refractivity contribution is 0.631. The molecule has 3 heterocycles. The standard InChI is InChI=1S/C18H10ClFN4O/c19-12-9-21-7-5-10(12)15-16(11-3-1-2-4-13(11)20)24-18-17(23-15)14(25)6-8-22-18/h1-9H,(H,22,24,25). The van der Waals surface area contributed by atoms with Crippen LogP contribution in [0, 0.1) is 5.82 Å². The maximum absolute atomic E-state index is 14.4. The molecule has 0 fully saturated rings. The van der Waals surface area contributed by atoms with Crippen molar-refractivity contribution in [1.29, 1.82) is 0 Å². The van der Waals surface area contributed by atoms with Gasteiger partial charge in [-0.3, -0.25) is 9.78 Å². The van der Waals surface area contributed by atoms with Gasteiger partial charge in [-0.15, -0.1) is 0 Å². The van der Waals surface area contributed by atoms with Gasteiger partial charge in [0.05, 0.1) is 10.7 Å². The van der Waals surface area contributed by atoms with Crippen LogP contribution in [0.1, 0.15) is 0 Å². The van der Waals surface area contributed by atoms with Gasteiger partial charge in [0, 0.05) is 35.8 Å². The summed E-state index contributed by atoms with van der Waals surface area (Å²) in [5, 5.41) is 0.334. The van der Waals surface area contributed by atoms with Gasteiger partial charge >= 0.3 is 0 Å². The number of fused-ring (bicyclic) bond motifs is 1. The van der Waals surface area contributed by atoms with Crippen molar-refractivity contribution in [1.82, 2.24) is 19.9 Å². The van der Waals surface area contributed by atoms with E-state index in [1.54, 1.807) is 30.5 Å². The molecule has 0 aliphatic rings. The van der Waals surface area contributed by atoms with Crippen LogP contribution in [0.2, 0.25) is 5.02 Å². The smallest absolute Gasteiger partial charge is 0.209 e. The van der Waals surface area contributed by atoms with Crippen LogP contribution < -0.4 is 5.43 Å². The molecule has 0 atom stereocenters. The minimum atomic E-state index is -0.444. The van der Waals surface area contributed by atoms with Gasteiger partial charge < -0.3 is 4.98 Å². The zero-order valence-corrected chi connectivity index (χ0v) is 13.5. The molecule has 0 saturated heterocycles. The summed E-state index contributed by atoms with van der Waals surface area (Å²) in [4.78, 5) is 27.8. The van der Waals surface area contributed by atoms with Crippen LogP contribution in [-0.2, 0) is 0 Å². The molecule has 0 aliphatic carbocycles. The number of H-pyrrole nitrogens is 1. The third kappa shape index (κ3) is 2.66. The van der Waals surface area contributed by atoms with Crippen molar-refractivity contribution < 1.29 is 4.39 Å². The molecule has 4 aromatic rings. The van der Waals surface area contributed by atoms with E-state index in [1.807, 2.05) is 0 Å². The van der Waals surface area contributed by atoms with E-state index in [0.29, 0.717) is 22.0 Å². The van der Waals surface area contributed by atoms with Gasteiger partial charge in [-0.1, -0.05) is 23.7 Å². The summed E-state index contributed by atoms with van der Waals surface area (Å²) in [5.41, 5.74) is 1.55. The van der Waals surface area contributed by atoms with Crippen LogP contribution >= 0.6 is 11.6 Å². The second-order valence-corrected chi connectivity index (χ2v) is 5.70. The maximum Gasteiger partial charge on any atom is 0.209 e. The Kier molecular flexibility index (Phi) is 3.74. The fraction of sp³-hybridized carbons (Fsp3) is 0. The Labute approximate surface area is 146 Å². The number of nitrogens with one attached hydrogen (secondary N) is 1. The Balaban J connectivity index is 2.14. The van der Waals surface area contributed by atoms with Crippen molar-refractivity contribution in [2.75, 3.05) is 0 Å². The molecule has 0 unspecified atom stereocenters. The second kappa shape index (κ2) is 6.07. The predicted octanol–water partition coefficient (Wildman–Crippen LogP) is 3.84. The maximum atomic E-state index is 14.4. The molecular weight excluding hydrogens is 343 g/mol. The molecule has 122 valence electrons. The second-order valence-electron chi connectivity index (χ2n) is 5.30.